The van der Waals surface area contributed by atoms with Crippen LogP contribution in [0.5, 0.6) is 0 Å². The number of hydrogen-bond donors (Lipinski definition) is 0. The highest BCUT2D eigenvalue weighted by molar-refractivity contribution is 6.09. The molecule has 7 heteroatoms. The van der Waals surface area contributed by atoms with Crippen molar-refractivity contribution in [3.05, 3.63) is 75.4 Å². The lowest BCUT2D eigenvalue weighted by Gasteiger charge is -2.11. The van der Waals surface area contributed by atoms with Gasteiger partial charge >= 0.3 is 0 Å². The Labute approximate surface area is 141 Å². The molecule has 0 amide bonds. The number of hydrogen-bond acceptors (Lipinski definition) is 4. The SMILES string of the molecule is Cn1c(N=[N+]=[N-])nc2c(-c3ccccc3)nc3ccccc3c2c1=O. The summed E-state index contributed by atoms with van der Waals surface area (Å²) in [4.78, 5) is 24.8. The van der Waals surface area contributed by atoms with Crippen LogP contribution in [0.2, 0.25) is 0 Å². The predicted octanol–water partition coefficient (Wildman–Crippen LogP) is 4.09. The molecule has 0 spiro atoms. The van der Waals surface area contributed by atoms with E-state index in [0.29, 0.717) is 22.1 Å². The number of benzene rings is 2. The van der Waals surface area contributed by atoms with Crippen LogP contribution in [0.1, 0.15) is 0 Å². The number of para-hydroxylation sites is 1. The first-order valence-corrected chi connectivity index (χ1v) is 7.60. The third kappa shape index (κ3) is 2.31. The van der Waals surface area contributed by atoms with Crippen molar-refractivity contribution in [1.82, 2.24) is 14.5 Å². The largest absolute Gasteiger partial charge is 0.294 e. The van der Waals surface area contributed by atoms with Crippen LogP contribution in [0.4, 0.5) is 5.95 Å². The van der Waals surface area contributed by atoms with E-state index in [1.807, 2.05) is 54.6 Å². The van der Waals surface area contributed by atoms with E-state index in [9.17, 15) is 4.79 Å². The Morgan fingerprint density at radius 1 is 1.04 bits per heavy atom. The number of aromatic nitrogens is 3. The second kappa shape index (κ2) is 5.74. The summed E-state index contributed by atoms with van der Waals surface area (Å²) in [6.07, 6.45) is 0. The molecule has 0 saturated heterocycles. The zero-order valence-electron chi connectivity index (χ0n) is 13.3. The minimum Gasteiger partial charge on any atom is -0.294 e. The van der Waals surface area contributed by atoms with E-state index >= 15 is 0 Å². The van der Waals surface area contributed by atoms with Gasteiger partial charge in [0.1, 0.15) is 5.52 Å². The zero-order valence-corrected chi connectivity index (χ0v) is 13.3. The third-order valence-electron chi connectivity index (χ3n) is 4.08. The Morgan fingerprint density at radius 2 is 1.76 bits per heavy atom. The van der Waals surface area contributed by atoms with Crippen molar-refractivity contribution in [2.24, 2.45) is 12.2 Å². The molecule has 0 N–H and O–H groups in total. The molecule has 0 atom stereocenters. The fourth-order valence-electron chi connectivity index (χ4n) is 2.89. The number of fused-ring (bicyclic) bond motifs is 3. The Hall–Kier alpha value is -3.70. The summed E-state index contributed by atoms with van der Waals surface area (Å²) in [7, 11) is 1.54. The molecule has 120 valence electrons. The molecule has 4 rings (SSSR count). The summed E-state index contributed by atoms with van der Waals surface area (Å²) in [5, 5.41) is 4.72. The van der Waals surface area contributed by atoms with E-state index in [1.165, 1.54) is 11.6 Å². The van der Waals surface area contributed by atoms with Gasteiger partial charge in [0, 0.05) is 22.9 Å². The molecular formula is C18H12N6O. The summed E-state index contributed by atoms with van der Waals surface area (Å²) in [6, 6.07) is 16.9. The smallest absolute Gasteiger partial charge is 0.262 e. The van der Waals surface area contributed by atoms with Gasteiger partial charge in [0.25, 0.3) is 5.56 Å². The average Bonchev–Trinajstić information content (AvgIpc) is 2.65. The van der Waals surface area contributed by atoms with Gasteiger partial charge in [-0.3, -0.25) is 9.36 Å². The topological polar surface area (TPSA) is 96.5 Å². The second-order valence-electron chi connectivity index (χ2n) is 5.53. The van der Waals surface area contributed by atoms with Crippen molar-refractivity contribution in [1.29, 1.82) is 0 Å². The molecule has 2 heterocycles. The molecule has 2 aromatic heterocycles. The standard InChI is InChI=1S/C18H12N6O/c1-24-17(25)14-12-9-5-6-10-13(12)20-15(11-7-3-2-4-8-11)16(14)21-18(24)22-23-19/h2-10H,1H3. The van der Waals surface area contributed by atoms with E-state index in [-0.39, 0.29) is 11.5 Å². The van der Waals surface area contributed by atoms with Crippen molar-refractivity contribution in [3.63, 3.8) is 0 Å². The highest BCUT2D eigenvalue weighted by Crippen LogP contribution is 2.30. The molecule has 0 aliphatic carbocycles. The minimum atomic E-state index is -0.275. The first-order valence-electron chi connectivity index (χ1n) is 7.60. The van der Waals surface area contributed by atoms with Gasteiger partial charge in [0.15, 0.2) is 5.95 Å². The molecule has 4 aromatic rings. The molecule has 0 bridgehead atoms. The fraction of sp³-hybridized carbons (Fsp3) is 0.0556. The van der Waals surface area contributed by atoms with Crippen molar-refractivity contribution < 1.29 is 0 Å². The van der Waals surface area contributed by atoms with Gasteiger partial charge in [0.2, 0.25) is 0 Å². The lowest BCUT2D eigenvalue weighted by atomic mass is 10.0. The predicted molar refractivity (Wildman–Crippen MR) is 96.5 cm³/mol. The van der Waals surface area contributed by atoms with Crippen LogP contribution in [0.15, 0.2) is 64.5 Å². The highest BCUT2D eigenvalue weighted by Gasteiger charge is 2.16. The van der Waals surface area contributed by atoms with Gasteiger partial charge in [0.05, 0.1) is 16.6 Å². The van der Waals surface area contributed by atoms with Crippen LogP contribution in [0.3, 0.4) is 0 Å². The molecule has 0 radical (unpaired) electrons. The quantitative estimate of drug-likeness (QED) is 0.240. The van der Waals surface area contributed by atoms with Crippen LogP contribution >= 0.6 is 0 Å². The maximum absolute atomic E-state index is 12.9. The molecule has 0 aliphatic heterocycles. The van der Waals surface area contributed by atoms with Gasteiger partial charge in [-0.2, -0.15) is 0 Å². The van der Waals surface area contributed by atoms with E-state index in [4.69, 9.17) is 10.5 Å². The molecule has 0 fully saturated rings. The summed E-state index contributed by atoms with van der Waals surface area (Å²) >= 11 is 0. The molecule has 0 unspecified atom stereocenters. The Bertz CT molecular complexity index is 1220. The van der Waals surface area contributed by atoms with Crippen molar-refractivity contribution in [2.75, 3.05) is 0 Å². The maximum Gasteiger partial charge on any atom is 0.262 e. The van der Waals surface area contributed by atoms with Gasteiger partial charge in [-0.25, -0.2) is 9.97 Å². The van der Waals surface area contributed by atoms with Gasteiger partial charge < -0.3 is 0 Å². The zero-order chi connectivity index (χ0) is 17.4. The summed E-state index contributed by atoms with van der Waals surface area (Å²) in [5.74, 6) is 0.00858. The average molecular weight is 328 g/mol. The Balaban J connectivity index is 2.28. The minimum absolute atomic E-state index is 0.00858. The van der Waals surface area contributed by atoms with Crippen LogP contribution in [-0.2, 0) is 7.05 Å². The summed E-state index contributed by atoms with van der Waals surface area (Å²) in [5.41, 5.74) is 11.0. The summed E-state index contributed by atoms with van der Waals surface area (Å²) < 4.78 is 1.25. The first-order chi connectivity index (χ1) is 12.2. The molecule has 7 nitrogen and oxygen atoms in total. The molecular weight excluding hydrogens is 316 g/mol. The van der Waals surface area contributed by atoms with E-state index in [0.717, 1.165) is 10.9 Å². The van der Waals surface area contributed by atoms with Crippen LogP contribution in [-0.4, -0.2) is 14.5 Å². The van der Waals surface area contributed by atoms with Crippen LogP contribution in [0.25, 0.3) is 43.5 Å². The molecule has 25 heavy (non-hydrogen) atoms. The van der Waals surface area contributed by atoms with E-state index in [1.54, 1.807) is 0 Å². The van der Waals surface area contributed by atoms with E-state index in [2.05, 4.69) is 15.0 Å². The van der Waals surface area contributed by atoms with Crippen molar-refractivity contribution in [3.8, 4) is 11.3 Å². The lowest BCUT2D eigenvalue weighted by Crippen LogP contribution is -2.19. The lowest BCUT2D eigenvalue weighted by molar-refractivity contribution is 0.842. The highest BCUT2D eigenvalue weighted by atomic mass is 16.1. The fourth-order valence-corrected chi connectivity index (χ4v) is 2.89. The monoisotopic (exact) mass is 328 g/mol. The van der Waals surface area contributed by atoms with Crippen LogP contribution < -0.4 is 5.56 Å². The molecule has 2 aromatic carbocycles. The number of pyridine rings is 1. The molecule has 0 saturated carbocycles. The van der Waals surface area contributed by atoms with E-state index < -0.39 is 0 Å². The maximum atomic E-state index is 12.9. The number of azide groups is 1. The third-order valence-corrected chi connectivity index (χ3v) is 4.08. The Morgan fingerprint density at radius 3 is 2.52 bits per heavy atom. The van der Waals surface area contributed by atoms with Crippen molar-refractivity contribution in [2.45, 2.75) is 0 Å². The molecule has 0 aliphatic rings. The normalized spacial score (nSPS) is 10.8. The first kappa shape index (κ1) is 14.9. The van der Waals surface area contributed by atoms with Crippen molar-refractivity contribution >= 4 is 27.8 Å². The number of nitrogens with zero attached hydrogens (tertiary/aromatic N) is 6. The number of rotatable bonds is 2. The van der Waals surface area contributed by atoms with Gasteiger partial charge in [-0.1, -0.05) is 48.5 Å². The van der Waals surface area contributed by atoms with Crippen LogP contribution in [0, 0.1) is 0 Å². The Kier molecular flexibility index (Phi) is 3.41. The van der Waals surface area contributed by atoms with Gasteiger partial charge in [-0.15, -0.1) is 0 Å². The second-order valence-corrected chi connectivity index (χ2v) is 5.53. The summed E-state index contributed by atoms with van der Waals surface area (Å²) in [6.45, 7) is 0. The van der Waals surface area contributed by atoms with Gasteiger partial charge in [-0.05, 0) is 16.7 Å².